The number of hydrogen-bond donors (Lipinski definition) is 3. The topological polar surface area (TPSA) is 98.3 Å². The number of aromatic amines is 1. The predicted molar refractivity (Wildman–Crippen MR) is 93.6 cm³/mol. The third-order valence-corrected chi connectivity index (χ3v) is 4.46. The number of nitrogens with one attached hydrogen (secondary N) is 2. The molecule has 2 heterocycles. The fourth-order valence-corrected chi connectivity index (χ4v) is 3.30. The molecule has 0 fully saturated rings. The summed E-state index contributed by atoms with van der Waals surface area (Å²) in [7, 11) is 0. The number of carboxylic acid groups (broad SMARTS) is 1. The quantitative estimate of drug-likeness (QED) is 0.794. The average molecular weight is 342 g/mol. The summed E-state index contributed by atoms with van der Waals surface area (Å²) in [6, 6.07) is 5.57. The zero-order valence-corrected chi connectivity index (χ0v) is 14.3. The van der Waals surface area contributed by atoms with Gasteiger partial charge in [-0.2, -0.15) is 5.10 Å². The molecule has 2 aromatic rings. The van der Waals surface area contributed by atoms with Crippen LogP contribution in [0.25, 0.3) is 0 Å². The second kappa shape index (κ2) is 6.96. The number of aromatic nitrogens is 2. The van der Waals surface area contributed by atoms with Crippen molar-refractivity contribution < 1.29 is 14.7 Å². The SMILES string of the molecule is CC(C)CC1c2ccc(NC(=O)c3cn[nH]c3)cc2CCN1C(=O)O. The molecule has 1 aromatic heterocycles. The predicted octanol–water partition coefficient (Wildman–Crippen LogP) is 3.29. The third kappa shape index (κ3) is 3.65. The zero-order chi connectivity index (χ0) is 18.0. The molecule has 25 heavy (non-hydrogen) atoms. The standard InChI is InChI=1S/C18H22N4O3/c1-11(2)7-16-15-4-3-14(21-17(23)13-9-19-20-10-13)8-12(15)5-6-22(16)18(24)25/h3-4,8-11,16H,5-7H2,1-2H3,(H,19,20)(H,21,23)(H,24,25). The molecule has 132 valence electrons. The van der Waals surface area contributed by atoms with Gasteiger partial charge in [-0.25, -0.2) is 4.79 Å². The summed E-state index contributed by atoms with van der Waals surface area (Å²) < 4.78 is 0. The number of H-pyrrole nitrogens is 1. The maximum Gasteiger partial charge on any atom is 0.407 e. The summed E-state index contributed by atoms with van der Waals surface area (Å²) in [6.45, 7) is 4.65. The lowest BCUT2D eigenvalue weighted by molar-refractivity contribution is 0.102. The van der Waals surface area contributed by atoms with E-state index >= 15 is 0 Å². The Labute approximate surface area is 146 Å². The summed E-state index contributed by atoms with van der Waals surface area (Å²) in [5.74, 6) is 0.161. The van der Waals surface area contributed by atoms with Gasteiger partial charge in [-0.1, -0.05) is 19.9 Å². The molecule has 0 saturated carbocycles. The molecule has 0 radical (unpaired) electrons. The van der Waals surface area contributed by atoms with Gasteiger partial charge in [-0.05, 0) is 42.0 Å². The number of anilines is 1. The van der Waals surface area contributed by atoms with Crippen molar-refractivity contribution in [2.45, 2.75) is 32.7 Å². The van der Waals surface area contributed by atoms with Gasteiger partial charge in [0.2, 0.25) is 0 Å². The van der Waals surface area contributed by atoms with Crippen LogP contribution < -0.4 is 5.32 Å². The minimum absolute atomic E-state index is 0.139. The molecule has 1 atom stereocenters. The van der Waals surface area contributed by atoms with Crippen LogP contribution in [0.1, 0.15) is 47.8 Å². The Kier molecular flexibility index (Phi) is 4.74. The molecule has 1 aliphatic heterocycles. The first kappa shape index (κ1) is 17.0. The highest BCUT2D eigenvalue weighted by atomic mass is 16.4. The second-order valence-corrected chi connectivity index (χ2v) is 6.73. The van der Waals surface area contributed by atoms with Crippen molar-refractivity contribution in [2.24, 2.45) is 5.92 Å². The van der Waals surface area contributed by atoms with Gasteiger partial charge in [0, 0.05) is 18.4 Å². The molecule has 3 N–H and O–H groups in total. The van der Waals surface area contributed by atoms with E-state index in [1.807, 2.05) is 18.2 Å². The van der Waals surface area contributed by atoms with Crippen LogP contribution in [0.5, 0.6) is 0 Å². The maximum absolute atomic E-state index is 12.1. The van der Waals surface area contributed by atoms with Crippen molar-refractivity contribution in [3.63, 3.8) is 0 Å². The molecule has 7 heteroatoms. The van der Waals surface area contributed by atoms with Gasteiger partial charge in [0.25, 0.3) is 5.91 Å². The fraction of sp³-hybridized carbons (Fsp3) is 0.389. The Hall–Kier alpha value is -2.83. The first-order chi connectivity index (χ1) is 12.0. The first-order valence-electron chi connectivity index (χ1n) is 8.38. The molecule has 7 nitrogen and oxygen atoms in total. The number of rotatable bonds is 4. The van der Waals surface area contributed by atoms with Gasteiger partial charge in [0.05, 0.1) is 17.8 Å². The van der Waals surface area contributed by atoms with Crippen molar-refractivity contribution >= 4 is 17.7 Å². The molecule has 3 rings (SSSR count). The molecule has 1 aromatic carbocycles. The molecule has 0 spiro atoms. The minimum atomic E-state index is -0.881. The summed E-state index contributed by atoms with van der Waals surface area (Å²) in [4.78, 5) is 25.2. The first-order valence-corrected chi connectivity index (χ1v) is 8.38. The molecule has 2 amide bonds. The zero-order valence-electron chi connectivity index (χ0n) is 14.3. The monoisotopic (exact) mass is 342 g/mol. The van der Waals surface area contributed by atoms with E-state index < -0.39 is 6.09 Å². The van der Waals surface area contributed by atoms with Crippen LogP contribution in [0.15, 0.2) is 30.6 Å². The van der Waals surface area contributed by atoms with Crippen LogP contribution in [0.4, 0.5) is 10.5 Å². The minimum Gasteiger partial charge on any atom is -0.465 e. The molecule has 0 aliphatic carbocycles. The molecule has 1 aliphatic rings. The molecular formula is C18H22N4O3. The van der Waals surface area contributed by atoms with E-state index in [-0.39, 0.29) is 11.9 Å². The van der Waals surface area contributed by atoms with Gasteiger partial charge >= 0.3 is 6.09 Å². The number of benzene rings is 1. The van der Waals surface area contributed by atoms with Crippen LogP contribution >= 0.6 is 0 Å². The van der Waals surface area contributed by atoms with E-state index in [9.17, 15) is 14.7 Å². The lowest BCUT2D eigenvalue weighted by atomic mass is 9.87. The fourth-order valence-electron chi connectivity index (χ4n) is 3.30. The van der Waals surface area contributed by atoms with Crippen molar-refractivity contribution in [1.82, 2.24) is 15.1 Å². The normalized spacial score (nSPS) is 16.6. The van der Waals surface area contributed by atoms with Crippen LogP contribution in [0.2, 0.25) is 0 Å². The molecule has 0 bridgehead atoms. The van der Waals surface area contributed by atoms with Crippen LogP contribution in [-0.4, -0.2) is 38.7 Å². The Morgan fingerprint density at radius 3 is 2.88 bits per heavy atom. The van der Waals surface area contributed by atoms with Gasteiger partial charge in [-0.15, -0.1) is 0 Å². The Morgan fingerprint density at radius 1 is 1.44 bits per heavy atom. The van der Waals surface area contributed by atoms with Crippen molar-refractivity contribution in [2.75, 3.05) is 11.9 Å². The number of fused-ring (bicyclic) bond motifs is 1. The van der Waals surface area contributed by atoms with Gasteiger partial charge in [0.1, 0.15) is 0 Å². The molecule has 1 unspecified atom stereocenters. The summed E-state index contributed by atoms with van der Waals surface area (Å²) in [5.41, 5.74) is 3.29. The van der Waals surface area contributed by atoms with Crippen molar-refractivity contribution in [3.8, 4) is 0 Å². The van der Waals surface area contributed by atoms with E-state index in [2.05, 4.69) is 29.4 Å². The second-order valence-electron chi connectivity index (χ2n) is 6.73. The van der Waals surface area contributed by atoms with E-state index in [1.54, 1.807) is 0 Å². The summed E-state index contributed by atoms with van der Waals surface area (Å²) in [6.07, 6.45) is 3.55. The molecule has 0 saturated heterocycles. The number of hydrogen-bond acceptors (Lipinski definition) is 3. The smallest absolute Gasteiger partial charge is 0.407 e. The number of nitrogens with zero attached hydrogens (tertiary/aromatic N) is 2. The average Bonchev–Trinajstić information content (AvgIpc) is 3.08. The highest BCUT2D eigenvalue weighted by molar-refractivity contribution is 6.03. The van der Waals surface area contributed by atoms with E-state index in [1.165, 1.54) is 17.3 Å². The van der Waals surface area contributed by atoms with Crippen molar-refractivity contribution in [3.05, 3.63) is 47.3 Å². The molecular weight excluding hydrogens is 320 g/mol. The lowest BCUT2D eigenvalue weighted by Crippen LogP contribution is -2.39. The van der Waals surface area contributed by atoms with Gasteiger partial charge < -0.3 is 15.3 Å². The Balaban J connectivity index is 1.84. The van der Waals surface area contributed by atoms with E-state index in [4.69, 9.17) is 0 Å². The third-order valence-electron chi connectivity index (χ3n) is 4.46. The number of carbonyl (C=O) groups excluding carboxylic acids is 1. The van der Waals surface area contributed by atoms with Crippen LogP contribution in [-0.2, 0) is 6.42 Å². The lowest BCUT2D eigenvalue weighted by Gasteiger charge is -2.36. The van der Waals surface area contributed by atoms with E-state index in [0.717, 1.165) is 17.5 Å². The van der Waals surface area contributed by atoms with E-state index in [0.29, 0.717) is 30.1 Å². The van der Waals surface area contributed by atoms with Crippen LogP contribution in [0.3, 0.4) is 0 Å². The largest absolute Gasteiger partial charge is 0.465 e. The Morgan fingerprint density at radius 2 is 2.24 bits per heavy atom. The van der Waals surface area contributed by atoms with Gasteiger partial charge in [-0.3, -0.25) is 9.89 Å². The van der Waals surface area contributed by atoms with Crippen molar-refractivity contribution in [1.29, 1.82) is 0 Å². The maximum atomic E-state index is 12.1. The number of amides is 2. The highest BCUT2D eigenvalue weighted by Gasteiger charge is 2.31. The highest BCUT2D eigenvalue weighted by Crippen LogP contribution is 2.35. The van der Waals surface area contributed by atoms with Gasteiger partial charge in [0.15, 0.2) is 0 Å². The summed E-state index contributed by atoms with van der Waals surface area (Å²) in [5, 5.41) is 18.7. The summed E-state index contributed by atoms with van der Waals surface area (Å²) >= 11 is 0. The Bertz CT molecular complexity index is 771. The van der Waals surface area contributed by atoms with Crippen LogP contribution in [0, 0.1) is 5.92 Å². The number of carbonyl (C=O) groups is 2.